The maximum atomic E-state index is 13.5. The molecule has 1 fully saturated rings. The molecule has 4 nitrogen and oxygen atoms in total. The maximum absolute atomic E-state index is 13.5. The molecule has 0 spiro atoms. The van der Waals surface area contributed by atoms with E-state index < -0.39 is 26.6 Å². The van der Waals surface area contributed by atoms with Gasteiger partial charge in [0.05, 0.1) is 0 Å². The third-order valence-corrected chi connectivity index (χ3v) is 4.98. The number of hydrogen-bond acceptors (Lipinski definition) is 3. The van der Waals surface area contributed by atoms with Crippen molar-refractivity contribution in [2.45, 2.75) is 30.2 Å². The van der Waals surface area contributed by atoms with Crippen LogP contribution in [0.5, 0.6) is 0 Å². The molecule has 20 heavy (non-hydrogen) atoms. The predicted octanol–water partition coefficient (Wildman–Crippen LogP) is 1.79. The zero-order chi connectivity index (χ0) is 14.0. The first-order valence-corrected chi connectivity index (χ1v) is 7.60. The summed E-state index contributed by atoms with van der Waals surface area (Å²) >= 11 is 0. The van der Waals surface area contributed by atoms with Crippen LogP contribution < -0.4 is 10.5 Å². The lowest BCUT2D eigenvalue weighted by Crippen LogP contribution is -2.40. The van der Waals surface area contributed by atoms with Crippen LogP contribution in [0.15, 0.2) is 23.1 Å². The van der Waals surface area contributed by atoms with E-state index in [4.69, 9.17) is 5.73 Å². The van der Waals surface area contributed by atoms with Crippen molar-refractivity contribution in [2.24, 2.45) is 11.7 Å². The molecule has 1 aliphatic rings. The predicted molar refractivity (Wildman–Crippen MR) is 74.1 cm³/mol. The largest absolute Gasteiger partial charge is 0.330 e. The maximum Gasteiger partial charge on any atom is 0.243 e. The van der Waals surface area contributed by atoms with E-state index in [1.54, 1.807) is 0 Å². The molecule has 3 N–H and O–H groups in total. The Morgan fingerprint density at radius 2 is 2.00 bits per heavy atom. The van der Waals surface area contributed by atoms with Crippen LogP contribution in [0.1, 0.15) is 19.3 Å². The van der Waals surface area contributed by atoms with E-state index in [1.807, 2.05) is 0 Å². The van der Waals surface area contributed by atoms with E-state index in [-0.39, 0.29) is 24.4 Å². The van der Waals surface area contributed by atoms with E-state index in [0.29, 0.717) is 13.0 Å². The van der Waals surface area contributed by atoms with Gasteiger partial charge in [-0.05, 0) is 37.4 Å². The van der Waals surface area contributed by atoms with E-state index in [0.717, 1.165) is 25.0 Å². The molecular weight excluding hydrogens is 310 g/mol. The minimum absolute atomic E-state index is 0. The number of nitrogens with two attached hydrogens (primary N) is 1. The van der Waals surface area contributed by atoms with Crippen LogP contribution in [0.3, 0.4) is 0 Å². The normalized spacial score (nSPS) is 22.6. The fourth-order valence-electron chi connectivity index (χ4n) is 2.43. The van der Waals surface area contributed by atoms with Gasteiger partial charge in [0.25, 0.3) is 0 Å². The average Bonchev–Trinajstić information content (AvgIpc) is 2.78. The molecule has 114 valence electrons. The Balaban J connectivity index is 0.00000200. The minimum atomic E-state index is -4.06. The van der Waals surface area contributed by atoms with Crippen molar-refractivity contribution >= 4 is 22.4 Å². The van der Waals surface area contributed by atoms with Gasteiger partial charge in [0.15, 0.2) is 11.6 Å². The first-order valence-electron chi connectivity index (χ1n) is 6.12. The number of sulfonamides is 1. The molecular formula is C12H17ClF2N2O2S. The highest BCUT2D eigenvalue weighted by atomic mass is 35.5. The molecule has 0 saturated heterocycles. The smallest absolute Gasteiger partial charge is 0.243 e. The lowest BCUT2D eigenvalue weighted by atomic mass is 10.1. The molecule has 1 aliphatic carbocycles. The number of nitrogens with one attached hydrogen (secondary N) is 1. The Bertz CT molecular complexity index is 569. The van der Waals surface area contributed by atoms with Crippen molar-refractivity contribution < 1.29 is 17.2 Å². The monoisotopic (exact) mass is 326 g/mol. The van der Waals surface area contributed by atoms with Gasteiger partial charge in [0, 0.05) is 6.04 Å². The fourth-order valence-corrected chi connectivity index (χ4v) is 3.86. The summed E-state index contributed by atoms with van der Waals surface area (Å²) < 4.78 is 53.2. The van der Waals surface area contributed by atoms with Crippen molar-refractivity contribution in [3.05, 3.63) is 29.8 Å². The second-order valence-electron chi connectivity index (χ2n) is 4.71. The topological polar surface area (TPSA) is 72.2 Å². The number of benzene rings is 1. The molecule has 2 unspecified atom stereocenters. The molecule has 0 aliphatic heterocycles. The average molecular weight is 327 g/mol. The molecule has 1 saturated carbocycles. The highest BCUT2D eigenvalue weighted by Crippen LogP contribution is 2.27. The van der Waals surface area contributed by atoms with Crippen molar-refractivity contribution in [1.29, 1.82) is 0 Å². The van der Waals surface area contributed by atoms with Gasteiger partial charge in [-0.2, -0.15) is 0 Å². The number of rotatable bonds is 4. The van der Waals surface area contributed by atoms with E-state index in [1.165, 1.54) is 6.07 Å². The summed E-state index contributed by atoms with van der Waals surface area (Å²) in [5, 5.41) is 0. The Morgan fingerprint density at radius 1 is 1.30 bits per heavy atom. The van der Waals surface area contributed by atoms with E-state index in [2.05, 4.69) is 4.72 Å². The van der Waals surface area contributed by atoms with Gasteiger partial charge in [0.2, 0.25) is 10.0 Å². The Hall–Kier alpha value is -0.760. The fraction of sp³-hybridized carbons (Fsp3) is 0.500. The molecule has 0 heterocycles. The summed E-state index contributed by atoms with van der Waals surface area (Å²) in [6.07, 6.45) is 2.38. The van der Waals surface area contributed by atoms with Gasteiger partial charge < -0.3 is 5.73 Å². The quantitative estimate of drug-likeness (QED) is 0.886. The van der Waals surface area contributed by atoms with Crippen LogP contribution in [-0.2, 0) is 10.0 Å². The third-order valence-electron chi connectivity index (χ3n) is 3.47. The second-order valence-corrected chi connectivity index (χ2v) is 6.39. The number of hydrogen-bond donors (Lipinski definition) is 2. The van der Waals surface area contributed by atoms with Gasteiger partial charge in [-0.1, -0.05) is 12.5 Å². The lowest BCUT2D eigenvalue weighted by Gasteiger charge is -2.19. The summed E-state index contributed by atoms with van der Waals surface area (Å²) in [6.45, 7) is 0.374. The van der Waals surface area contributed by atoms with Crippen LogP contribution in [0.25, 0.3) is 0 Å². The van der Waals surface area contributed by atoms with Crippen LogP contribution in [0.2, 0.25) is 0 Å². The summed E-state index contributed by atoms with van der Waals surface area (Å²) in [6, 6.07) is 2.79. The summed E-state index contributed by atoms with van der Waals surface area (Å²) in [5.74, 6) is -2.48. The lowest BCUT2D eigenvalue weighted by molar-refractivity contribution is 0.446. The van der Waals surface area contributed by atoms with Crippen molar-refractivity contribution in [3.8, 4) is 0 Å². The minimum Gasteiger partial charge on any atom is -0.330 e. The molecule has 0 radical (unpaired) electrons. The molecule has 0 aromatic heterocycles. The standard InChI is InChI=1S/C12H16F2N2O2S.ClH/c13-9-4-2-6-11(12(9)14)19(17,18)16-10-5-1-3-8(10)7-15;/h2,4,6,8,10,16H,1,3,5,7,15H2;1H. The van der Waals surface area contributed by atoms with Crippen molar-refractivity contribution in [2.75, 3.05) is 6.54 Å². The van der Waals surface area contributed by atoms with Gasteiger partial charge >= 0.3 is 0 Å². The van der Waals surface area contributed by atoms with E-state index >= 15 is 0 Å². The van der Waals surface area contributed by atoms with Crippen LogP contribution in [-0.4, -0.2) is 21.0 Å². The number of halogens is 3. The Labute approximate surface area is 123 Å². The van der Waals surface area contributed by atoms with Gasteiger partial charge in [0.1, 0.15) is 4.90 Å². The van der Waals surface area contributed by atoms with Crippen LogP contribution in [0.4, 0.5) is 8.78 Å². The molecule has 0 amide bonds. The zero-order valence-corrected chi connectivity index (χ0v) is 12.3. The molecule has 1 aromatic rings. The zero-order valence-electron chi connectivity index (χ0n) is 10.7. The highest BCUT2D eigenvalue weighted by Gasteiger charge is 2.31. The summed E-state index contributed by atoms with van der Waals surface area (Å²) in [7, 11) is -4.06. The van der Waals surface area contributed by atoms with E-state index in [9.17, 15) is 17.2 Å². The SMILES string of the molecule is Cl.NCC1CCCC1NS(=O)(=O)c1cccc(F)c1F. The highest BCUT2D eigenvalue weighted by molar-refractivity contribution is 7.89. The third kappa shape index (κ3) is 3.46. The van der Waals surface area contributed by atoms with Crippen LogP contribution >= 0.6 is 12.4 Å². The first-order chi connectivity index (χ1) is 8.95. The molecule has 1 aromatic carbocycles. The summed E-state index contributed by atoms with van der Waals surface area (Å²) in [5.41, 5.74) is 5.57. The molecule has 0 bridgehead atoms. The van der Waals surface area contributed by atoms with Gasteiger partial charge in [-0.25, -0.2) is 21.9 Å². The van der Waals surface area contributed by atoms with Crippen molar-refractivity contribution in [1.82, 2.24) is 4.72 Å². The van der Waals surface area contributed by atoms with Crippen LogP contribution in [0, 0.1) is 17.6 Å². The summed E-state index contributed by atoms with van der Waals surface area (Å²) in [4.78, 5) is -0.657. The molecule has 8 heteroatoms. The molecule has 2 atom stereocenters. The Morgan fingerprint density at radius 3 is 2.65 bits per heavy atom. The Kier molecular flexibility index (Phi) is 5.88. The first kappa shape index (κ1) is 17.3. The van der Waals surface area contributed by atoms with Gasteiger partial charge in [-0.15, -0.1) is 12.4 Å². The van der Waals surface area contributed by atoms with Gasteiger partial charge in [-0.3, -0.25) is 0 Å². The second kappa shape index (κ2) is 6.80. The molecule has 2 rings (SSSR count). The van der Waals surface area contributed by atoms with Crippen molar-refractivity contribution in [3.63, 3.8) is 0 Å².